The Kier molecular flexibility index (Phi) is 13.6. The normalized spacial score (nSPS) is 24.9. The maximum Gasteiger partial charge on any atom is 0.325 e. The first-order valence-electron chi connectivity index (χ1n) is 26.2. The third kappa shape index (κ3) is 9.10. The van der Waals surface area contributed by atoms with Gasteiger partial charge >= 0.3 is 24.1 Å². The van der Waals surface area contributed by atoms with Gasteiger partial charge in [0.15, 0.2) is 22.7 Å². The predicted octanol–water partition coefficient (Wildman–Crippen LogP) is 4.09. The molecule has 4 N–H and O–H groups in total. The second-order valence-corrected chi connectivity index (χ2v) is 28.3. The van der Waals surface area contributed by atoms with Crippen molar-refractivity contribution in [3.63, 3.8) is 0 Å². The van der Waals surface area contributed by atoms with Crippen molar-refractivity contribution in [2.75, 3.05) is 62.8 Å². The standard InChI is InChI=1S/C50H60N8O20S4/c1-47-49(3)55-29-57-45(61)53-27-33-23-37-38(42(78-16-8-20-82(72,73)74)12-11-41(37)77-15-7-19-81(69,70)71)24-34(33)28-54-46(62)58(50(57,4)48(53,54)2)30-56(49)44(60)52(47)26-32-22-36-35(21-31(32)25-51(47)43(55)59)39(75-13-5-17-79(63,64)65)9-10-40(36)76-14-6-18-80(66,67)68/h9-12,21-24H,5-8,13-20,25-30H2,1-4H3,(H,63,64,65)(H,66,67,68)(H,69,70,71)(H,72,73,74). The van der Waals surface area contributed by atoms with Crippen molar-refractivity contribution in [1.29, 1.82) is 0 Å². The first-order chi connectivity index (χ1) is 38.3. The third-order valence-electron chi connectivity index (χ3n) is 17.5. The Labute approximate surface area is 471 Å². The Balaban J connectivity index is 0.957. The molecule has 7 heterocycles. The Morgan fingerprint density at radius 2 is 0.561 bits per heavy atom. The van der Waals surface area contributed by atoms with Gasteiger partial charge in [-0.15, -0.1) is 0 Å². The molecule has 0 bridgehead atoms. The molecular formula is C50H60N8O20S4. The van der Waals surface area contributed by atoms with Gasteiger partial charge in [0.1, 0.15) is 36.3 Å². The van der Waals surface area contributed by atoms with Crippen LogP contribution in [0.2, 0.25) is 0 Å². The predicted molar refractivity (Wildman–Crippen MR) is 288 cm³/mol. The molecule has 4 aromatic rings. The minimum absolute atomic E-state index is 0.0606. The van der Waals surface area contributed by atoms with Gasteiger partial charge in [0.2, 0.25) is 0 Å². The number of fused-ring (bicyclic) bond motifs is 4. The molecule has 11 rings (SSSR count). The number of benzene rings is 4. The molecule has 444 valence electrons. The van der Waals surface area contributed by atoms with Crippen LogP contribution in [-0.2, 0) is 66.7 Å². The maximum absolute atomic E-state index is 15.5. The number of ether oxygens (including phenoxy) is 4. The Hall–Kier alpha value is -6.68. The molecular weight excluding hydrogens is 1160 g/mol. The fourth-order valence-corrected chi connectivity index (χ4v) is 14.9. The Morgan fingerprint density at radius 3 is 0.756 bits per heavy atom. The maximum atomic E-state index is 15.5. The minimum Gasteiger partial charge on any atom is -0.493 e. The lowest BCUT2D eigenvalue weighted by atomic mass is 9.92. The van der Waals surface area contributed by atoms with Crippen LogP contribution in [-0.4, -0.2) is 201 Å². The number of nitrogens with zero attached hydrogens (tertiary/aromatic N) is 8. The van der Waals surface area contributed by atoms with Gasteiger partial charge in [-0.2, -0.15) is 33.7 Å². The van der Waals surface area contributed by atoms with Gasteiger partial charge < -0.3 is 18.9 Å². The molecule has 32 heteroatoms. The number of carbonyl (C=O) groups is 4. The second-order valence-electron chi connectivity index (χ2n) is 22.0. The van der Waals surface area contributed by atoms with E-state index in [4.69, 9.17) is 18.9 Å². The topological polar surface area (TPSA) is 349 Å². The zero-order valence-corrected chi connectivity index (χ0v) is 48.1. The summed E-state index contributed by atoms with van der Waals surface area (Å²) in [5, 5.41) is 1.83. The summed E-state index contributed by atoms with van der Waals surface area (Å²) in [6, 6.07) is 11.2. The smallest absolute Gasteiger partial charge is 0.325 e. The molecule has 0 unspecified atom stereocenters. The van der Waals surface area contributed by atoms with Crippen molar-refractivity contribution in [3.8, 4) is 23.0 Å². The van der Waals surface area contributed by atoms with Crippen LogP contribution in [0.4, 0.5) is 19.2 Å². The molecule has 7 aliphatic rings. The number of carbonyl (C=O) groups excluding carboxylic acids is 4. The van der Waals surface area contributed by atoms with Gasteiger partial charge in [-0.3, -0.25) is 57.4 Å². The fourth-order valence-electron chi connectivity index (χ4n) is 13.0. The zero-order chi connectivity index (χ0) is 59.1. The SMILES string of the molecule is CC12N3Cc4cc5c(OCCCS(=O)(=O)O)ccc(OCCCS(=O)(=O)O)c5cc4CN1C(=O)N1CN4C(=O)N5Cc6cc7c(OCCCS(=O)(=O)O)ccc(OCCCS(=O)(=O)O)c7cc6CN6C(=O)N(CN(C3=O)C12C)C4(C)C65C. The average Bonchev–Trinajstić information content (AvgIpc) is 1.53. The van der Waals surface area contributed by atoms with Gasteiger partial charge in [-0.05, 0) is 124 Å². The monoisotopic (exact) mass is 1220 g/mol. The largest absolute Gasteiger partial charge is 0.493 e. The fraction of sp³-hybridized carbons (Fsp3) is 0.520. The highest BCUT2D eigenvalue weighted by molar-refractivity contribution is 7.86. The molecule has 0 aliphatic carbocycles. The van der Waals surface area contributed by atoms with E-state index in [2.05, 4.69) is 0 Å². The van der Waals surface area contributed by atoms with E-state index in [1.807, 2.05) is 0 Å². The van der Waals surface area contributed by atoms with Crippen molar-refractivity contribution in [2.24, 2.45) is 0 Å². The molecule has 0 radical (unpaired) electrons. The molecule has 4 aromatic carbocycles. The van der Waals surface area contributed by atoms with Crippen molar-refractivity contribution in [1.82, 2.24) is 39.2 Å². The summed E-state index contributed by atoms with van der Waals surface area (Å²) in [6.07, 6.45) is -0.242. The van der Waals surface area contributed by atoms with Gasteiger partial charge in [0, 0.05) is 21.5 Å². The van der Waals surface area contributed by atoms with E-state index in [9.17, 15) is 51.9 Å². The quantitative estimate of drug-likeness (QED) is 0.0715. The molecule has 0 atom stereocenters. The molecule has 28 nitrogen and oxygen atoms in total. The van der Waals surface area contributed by atoms with E-state index in [-0.39, 0.29) is 115 Å². The molecule has 5 fully saturated rings. The van der Waals surface area contributed by atoms with Crippen molar-refractivity contribution in [2.45, 2.75) is 102 Å². The minimum atomic E-state index is -4.29. The molecule has 0 saturated carbocycles. The highest BCUT2D eigenvalue weighted by Crippen LogP contribution is 2.60. The van der Waals surface area contributed by atoms with Gasteiger partial charge in [0.25, 0.3) is 40.5 Å². The highest BCUT2D eigenvalue weighted by Gasteiger charge is 2.81. The zero-order valence-electron chi connectivity index (χ0n) is 44.9. The Bertz CT molecular complexity index is 3410. The molecule has 5 saturated heterocycles. The van der Waals surface area contributed by atoms with Crippen molar-refractivity contribution >= 4 is 86.1 Å². The van der Waals surface area contributed by atoms with Crippen LogP contribution in [0.15, 0.2) is 48.5 Å². The van der Waals surface area contributed by atoms with E-state index in [1.165, 1.54) is 19.6 Å². The molecule has 82 heavy (non-hydrogen) atoms. The first-order valence-corrected chi connectivity index (χ1v) is 32.6. The van der Waals surface area contributed by atoms with Crippen LogP contribution < -0.4 is 18.9 Å². The van der Waals surface area contributed by atoms with Crippen LogP contribution in [0.1, 0.15) is 75.6 Å². The van der Waals surface area contributed by atoms with Crippen LogP contribution in [0.5, 0.6) is 23.0 Å². The summed E-state index contributed by atoms with van der Waals surface area (Å²) in [5.74, 6) is -1.12. The van der Waals surface area contributed by atoms with Crippen LogP contribution in [0, 0.1) is 0 Å². The summed E-state index contributed by atoms with van der Waals surface area (Å²) < 4.78 is 154. The second kappa shape index (κ2) is 19.5. The molecule has 7 aliphatic heterocycles. The summed E-state index contributed by atoms with van der Waals surface area (Å²) in [4.78, 5) is 74.4. The lowest BCUT2D eigenvalue weighted by molar-refractivity contribution is -0.125. The Morgan fingerprint density at radius 1 is 0.366 bits per heavy atom. The summed E-state index contributed by atoms with van der Waals surface area (Å²) >= 11 is 0. The highest BCUT2D eigenvalue weighted by atomic mass is 32.2. The third-order valence-corrected chi connectivity index (χ3v) is 20.7. The van der Waals surface area contributed by atoms with Gasteiger partial charge in [-0.25, -0.2) is 19.2 Å². The average molecular weight is 1220 g/mol. The lowest BCUT2D eigenvalue weighted by Gasteiger charge is -2.52. The van der Waals surface area contributed by atoms with Crippen molar-refractivity contribution < 1.29 is 90.0 Å². The number of urea groups is 4. The molecule has 0 spiro atoms. The van der Waals surface area contributed by atoms with Crippen molar-refractivity contribution in [3.05, 3.63) is 70.8 Å². The van der Waals surface area contributed by atoms with E-state index < -0.39 is 110 Å². The van der Waals surface area contributed by atoms with Crippen LogP contribution >= 0.6 is 0 Å². The number of rotatable bonds is 20. The van der Waals surface area contributed by atoms with E-state index >= 15 is 19.2 Å². The summed E-state index contributed by atoms with van der Waals surface area (Å²) in [6.45, 7) is 5.42. The number of hydrogen-bond donors (Lipinski definition) is 4. The van der Waals surface area contributed by atoms with Gasteiger partial charge in [0.05, 0.1) is 75.6 Å². The number of hydrogen-bond acceptors (Lipinski definition) is 16. The molecule has 0 aromatic heterocycles. The van der Waals surface area contributed by atoms with E-state index in [0.29, 0.717) is 43.8 Å². The first kappa shape index (κ1) is 57.2. The van der Waals surface area contributed by atoms with Crippen LogP contribution in [0.25, 0.3) is 21.5 Å². The number of amides is 8. The summed E-state index contributed by atoms with van der Waals surface area (Å²) in [7, 11) is -17.2. The van der Waals surface area contributed by atoms with Crippen LogP contribution in [0.3, 0.4) is 0 Å². The summed E-state index contributed by atoms with van der Waals surface area (Å²) in [5.41, 5.74) is -3.69. The van der Waals surface area contributed by atoms with E-state index in [1.54, 1.807) is 95.8 Å². The van der Waals surface area contributed by atoms with Gasteiger partial charge in [-0.1, -0.05) is 0 Å². The van der Waals surface area contributed by atoms with E-state index in [0.717, 1.165) is 0 Å². The lowest BCUT2D eigenvalue weighted by Crippen LogP contribution is -2.73. The molecule has 8 amide bonds.